The molecule has 0 aliphatic heterocycles. The number of halogens is 1. The van der Waals surface area contributed by atoms with E-state index in [1.54, 1.807) is 0 Å². The molecule has 0 aliphatic rings. The van der Waals surface area contributed by atoms with E-state index in [0.29, 0.717) is 5.92 Å². The average molecular weight is 287 g/mol. The number of carbonyl (C=O) groups excluding carboxylic acids is 1. The van der Waals surface area contributed by atoms with Crippen molar-refractivity contribution in [2.45, 2.75) is 26.4 Å². The Morgan fingerprint density at radius 2 is 1.86 bits per heavy atom. The van der Waals surface area contributed by atoms with E-state index in [0.717, 1.165) is 11.6 Å². The molecule has 0 saturated carbocycles. The third-order valence-corrected chi connectivity index (χ3v) is 3.25. The number of rotatable bonds is 4. The van der Waals surface area contributed by atoms with Gasteiger partial charge in [-0.05, 0) is 35.2 Å². The maximum atomic E-state index is 13.1. The Balaban J connectivity index is 2.02. The van der Waals surface area contributed by atoms with Gasteiger partial charge in [0.1, 0.15) is 12.4 Å². The highest BCUT2D eigenvalue weighted by Gasteiger charge is 2.12. The topological polar surface area (TPSA) is 52.3 Å². The molecule has 0 fully saturated rings. The van der Waals surface area contributed by atoms with Crippen molar-refractivity contribution >= 4 is 11.7 Å². The molecule has 0 aliphatic carbocycles. The van der Waals surface area contributed by atoms with Gasteiger partial charge in [0.05, 0.1) is 5.56 Å². The summed E-state index contributed by atoms with van der Waals surface area (Å²) in [4.78, 5) is 11.9. The van der Waals surface area contributed by atoms with E-state index < -0.39 is 11.8 Å². The Kier molecular flexibility index (Phi) is 4.58. The van der Waals surface area contributed by atoms with Crippen LogP contribution in [0.4, 0.5) is 10.1 Å². The van der Waals surface area contributed by atoms with Gasteiger partial charge in [-0.25, -0.2) is 9.18 Å². The smallest absolute Gasteiger partial charge is 0.340 e. The highest BCUT2D eigenvalue weighted by molar-refractivity contribution is 5.95. The summed E-state index contributed by atoms with van der Waals surface area (Å²) >= 11 is 0. The van der Waals surface area contributed by atoms with Crippen LogP contribution in [0.5, 0.6) is 0 Å². The summed E-state index contributed by atoms with van der Waals surface area (Å²) in [6.45, 7) is 4.36. The number of benzene rings is 2. The van der Waals surface area contributed by atoms with Crippen LogP contribution in [-0.4, -0.2) is 5.97 Å². The maximum Gasteiger partial charge on any atom is 0.340 e. The normalized spacial score (nSPS) is 10.7. The molecule has 2 aromatic rings. The first-order valence-electron chi connectivity index (χ1n) is 6.78. The zero-order valence-corrected chi connectivity index (χ0v) is 12.1. The van der Waals surface area contributed by atoms with Crippen LogP contribution in [0.15, 0.2) is 42.5 Å². The lowest BCUT2D eigenvalue weighted by Gasteiger charge is -2.09. The number of nitrogen functional groups attached to an aromatic ring is 1. The molecule has 21 heavy (non-hydrogen) atoms. The fourth-order valence-corrected chi connectivity index (χ4v) is 1.93. The number of ether oxygens (including phenoxy) is 1. The molecule has 0 radical (unpaired) electrons. The molecule has 2 aromatic carbocycles. The zero-order valence-electron chi connectivity index (χ0n) is 12.1. The van der Waals surface area contributed by atoms with E-state index in [1.807, 2.05) is 24.3 Å². The fourth-order valence-electron chi connectivity index (χ4n) is 1.93. The van der Waals surface area contributed by atoms with Crippen molar-refractivity contribution in [2.24, 2.45) is 0 Å². The monoisotopic (exact) mass is 287 g/mol. The molecule has 0 heterocycles. The summed E-state index contributed by atoms with van der Waals surface area (Å²) in [5.41, 5.74) is 8.00. The van der Waals surface area contributed by atoms with Crippen molar-refractivity contribution in [3.8, 4) is 0 Å². The summed E-state index contributed by atoms with van der Waals surface area (Å²) in [7, 11) is 0. The molecule has 0 saturated heterocycles. The van der Waals surface area contributed by atoms with Crippen LogP contribution in [0.2, 0.25) is 0 Å². The van der Waals surface area contributed by atoms with E-state index in [1.165, 1.54) is 17.7 Å². The second-order valence-electron chi connectivity index (χ2n) is 5.20. The lowest BCUT2D eigenvalue weighted by molar-refractivity contribution is 0.0473. The summed E-state index contributed by atoms with van der Waals surface area (Å²) < 4.78 is 18.3. The predicted octanol–water partition coefficient (Wildman–Crippen LogP) is 3.89. The minimum atomic E-state index is -0.625. The van der Waals surface area contributed by atoms with E-state index in [9.17, 15) is 9.18 Å². The van der Waals surface area contributed by atoms with E-state index >= 15 is 0 Å². The number of esters is 1. The molecular formula is C17H18FNO2. The molecule has 110 valence electrons. The molecular weight excluding hydrogens is 269 g/mol. The molecule has 4 heteroatoms. The van der Waals surface area contributed by atoms with Crippen LogP contribution in [0.3, 0.4) is 0 Å². The van der Waals surface area contributed by atoms with Crippen molar-refractivity contribution in [1.82, 2.24) is 0 Å². The van der Waals surface area contributed by atoms with E-state index in [2.05, 4.69) is 13.8 Å². The molecule has 3 nitrogen and oxygen atoms in total. The van der Waals surface area contributed by atoms with Crippen molar-refractivity contribution in [1.29, 1.82) is 0 Å². The number of nitrogens with two attached hydrogens (primary N) is 1. The van der Waals surface area contributed by atoms with Gasteiger partial charge in [0, 0.05) is 5.69 Å². The van der Waals surface area contributed by atoms with Crippen LogP contribution >= 0.6 is 0 Å². The van der Waals surface area contributed by atoms with Crippen LogP contribution in [0, 0.1) is 5.82 Å². The van der Waals surface area contributed by atoms with Gasteiger partial charge in [-0.15, -0.1) is 0 Å². The van der Waals surface area contributed by atoms with Gasteiger partial charge in [-0.2, -0.15) is 0 Å². The zero-order chi connectivity index (χ0) is 15.4. The molecule has 0 aromatic heterocycles. The summed E-state index contributed by atoms with van der Waals surface area (Å²) in [5.74, 6) is -0.689. The fraction of sp³-hybridized carbons (Fsp3) is 0.235. The Morgan fingerprint density at radius 3 is 2.48 bits per heavy atom. The third kappa shape index (κ3) is 3.81. The van der Waals surface area contributed by atoms with Gasteiger partial charge >= 0.3 is 5.97 Å². The number of hydrogen-bond donors (Lipinski definition) is 1. The number of carbonyl (C=O) groups is 1. The summed E-state index contributed by atoms with van der Waals surface area (Å²) in [6.07, 6.45) is 0. The van der Waals surface area contributed by atoms with Gasteiger partial charge in [0.15, 0.2) is 0 Å². The Bertz CT molecular complexity index is 636. The largest absolute Gasteiger partial charge is 0.457 e. The molecule has 0 bridgehead atoms. The molecule has 2 N–H and O–H groups in total. The van der Waals surface area contributed by atoms with Crippen molar-refractivity contribution in [3.63, 3.8) is 0 Å². The summed E-state index contributed by atoms with van der Waals surface area (Å²) in [6, 6.07) is 11.5. The highest BCUT2D eigenvalue weighted by Crippen LogP contribution is 2.17. The SMILES string of the molecule is CC(C)c1ccc(COC(=O)c2cc(F)ccc2N)cc1. The van der Waals surface area contributed by atoms with Crippen LogP contribution in [0.25, 0.3) is 0 Å². The second-order valence-corrected chi connectivity index (χ2v) is 5.20. The number of hydrogen-bond acceptors (Lipinski definition) is 3. The lowest BCUT2D eigenvalue weighted by Crippen LogP contribution is -2.08. The Labute approximate surface area is 123 Å². The maximum absolute atomic E-state index is 13.1. The quantitative estimate of drug-likeness (QED) is 0.685. The average Bonchev–Trinajstić information content (AvgIpc) is 2.47. The Morgan fingerprint density at radius 1 is 1.19 bits per heavy atom. The minimum Gasteiger partial charge on any atom is -0.457 e. The van der Waals surface area contributed by atoms with Crippen LogP contribution in [0.1, 0.15) is 41.3 Å². The van der Waals surface area contributed by atoms with Gasteiger partial charge in [-0.1, -0.05) is 38.1 Å². The van der Waals surface area contributed by atoms with Gasteiger partial charge in [0.25, 0.3) is 0 Å². The van der Waals surface area contributed by atoms with Crippen molar-refractivity contribution < 1.29 is 13.9 Å². The van der Waals surface area contributed by atoms with Gasteiger partial charge in [-0.3, -0.25) is 0 Å². The molecule has 0 atom stereocenters. The van der Waals surface area contributed by atoms with Gasteiger partial charge < -0.3 is 10.5 Å². The third-order valence-electron chi connectivity index (χ3n) is 3.25. The molecule has 0 unspecified atom stereocenters. The Hall–Kier alpha value is -2.36. The second kappa shape index (κ2) is 6.39. The molecule has 0 amide bonds. The van der Waals surface area contributed by atoms with Gasteiger partial charge in [0.2, 0.25) is 0 Å². The lowest BCUT2D eigenvalue weighted by atomic mass is 10.0. The highest BCUT2D eigenvalue weighted by atomic mass is 19.1. The van der Waals surface area contributed by atoms with Crippen molar-refractivity contribution in [2.75, 3.05) is 5.73 Å². The summed E-state index contributed by atoms with van der Waals surface area (Å²) in [5, 5.41) is 0. The standard InChI is InChI=1S/C17H18FNO2/c1-11(2)13-5-3-12(4-6-13)10-21-17(20)15-9-14(18)7-8-16(15)19/h3-9,11H,10,19H2,1-2H3. The van der Waals surface area contributed by atoms with Crippen LogP contribution in [-0.2, 0) is 11.3 Å². The van der Waals surface area contributed by atoms with E-state index in [-0.39, 0.29) is 17.9 Å². The number of anilines is 1. The van der Waals surface area contributed by atoms with Crippen LogP contribution < -0.4 is 5.73 Å². The molecule has 2 rings (SSSR count). The first-order chi connectivity index (χ1) is 9.97. The molecule has 0 spiro atoms. The first-order valence-corrected chi connectivity index (χ1v) is 6.78. The van der Waals surface area contributed by atoms with E-state index in [4.69, 9.17) is 10.5 Å². The minimum absolute atomic E-state index is 0.0498. The first kappa shape index (κ1) is 15.0. The predicted molar refractivity (Wildman–Crippen MR) is 80.5 cm³/mol. The van der Waals surface area contributed by atoms with Crippen molar-refractivity contribution in [3.05, 3.63) is 65.0 Å².